The van der Waals surface area contributed by atoms with E-state index in [0.29, 0.717) is 11.4 Å². The predicted molar refractivity (Wildman–Crippen MR) is 89.3 cm³/mol. The minimum Gasteiger partial charge on any atom is -0.345 e. The summed E-state index contributed by atoms with van der Waals surface area (Å²) in [7, 11) is 0. The Labute approximate surface area is 132 Å². The number of carbonyl (C=O) groups excluding carboxylic acids is 2. The van der Waals surface area contributed by atoms with E-state index in [1.54, 1.807) is 24.5 Å². The molecule has 6 heteroatoms. The number of benzene rings is 2. The summed E-state index contributed by atoms with van der Waals surface area (Å²) in [5, 5.41) is 5.24. The van der Waals surface area contributed by atoms with Gasteiger partial charge in [-0.1, -0.05) is 18.2 Å². The summed E-state index contributed by atoms with van der Waals surface area (Å²) in [5.41, 5.74) is 4.59. The van der Waals surface area contributed by atoms with Crippen molar-refractivity contribution in [3.63, 3.8) is 0 Å². The van der Waals surface area contributed by atoms with E-state index in [-0.39, 0.29) is 0 Å². The highest BCUT2D eigenvalue weighted by Crippen LogP contribution is 2.20. The molecule has 0 bridgehead atoms. The molecule has 2 aromatic carbocycles. The minimum absolute atomic E-state index is 0.531. The monoisotopic (exact) mass is 308 g/mol. The lowest BCUT2D eigenvalue weighted by atomic mass is 10.1. The summed E-state index contributed by atoms with van der Waals surface area (Å²) in [5.74, 6) is -1.42. The zero-order valence-electron chi connectivity index (χ0n) is 12.8. The van der Waals surface area contributed by atoms with Crippen LogP contribution in [0.25, 0.3) is 11.0 Å². The summed E-state index contributed by atoms with van der Waals surface area (Å²) in [4.78, 5) is 31.2. The van der Waals surface area contributed by atoms with E-state index in [1.165, 1.54) is 0 Å². The average molecular weight is 308 g/mol. The molecule has 0 unspecified atom stereocenters. The number of para-hydroxylation sites is 1. The average Bonchev–Trinajstić information content (AvgIpc) is 2.98. The molecule has 3 rings (SSSR count). The molecule has 0 aliphatic carbocycles. The van der Waals surface area contributed by atoms with Crippen molar-refractivity contribution in [2.75, 3.05) is 10.6 Å². The molecule has 3 aromatic rings. The summed E-state index contributed by atoms with van der Waals surface area (Å²) >= 11 is 0. The zero-order chi connectivity index (χ0) is 16.4. The van der Waals surface area contributed by atoms with E-state index in [9.17, 15) is 9.59 Å². The van der Waals surface area contributed by atoms with E-state index < -0.39 is 11.8 Å². The standard InChI is InChI=1S/C17H16N4O2/c1-10-4-3-5-11(2)15(10)21-17(23)16(22)20-12-6-7-13-14(8-12)19-9-18-13/h3-9H,1-2H3,(H,18,19)(H,20,22)(H,21,23). The summed E-state index contributed by atoms with van der Waals surface area (Å²) in [6.45, 7) is 3.76. The van der Waals surface area contributed by atoms with Crippen LogP contribution in [0, 0.1) is 13.8 Å². The second-order valence-corrected chi connectivity index (χ2v) is 5.31. The van der Waals surface area contributed by atoms with Crippen LogP contribution in [0.2, 0.25) is 0 Å². The van der Waals surface area contributed by atoms with Crippen LogP contribution < -0.4 is 10.6 Å². The Morgan fingerprint density at radius 2 is 1.70 bits per heavy atom. The Balaban J connectivity index is 1.73. The first-order valence-corrected chi connectivity index (χ1v) is 7.16. The Bertz CT molecular complexity index is 878. The van der Waals surface area contributed by atoms with Gasteiger partial charge in [-0.25, -0.2) is 4.98 Å². The van der Waals surface area contributed by atoms with Crippen molar-refractivity contribution in [2.45, 2.75) is 13.8 Å². The molecule has 0 atom stereocenters. The van der Waals surface area contributed by atoms with Crippen LogP contribution in [-0.2, 0) is 9.59 Å². The molecule has 6 nitrogen and oxygen atoms in total. The van der Waals surface area contributed by atoms with Crippen LogP contribution in [0.15, 0.2) is 42.7 Å². The van der Waals surface area contributed by atoms with Crippen LogP contribution in [0.3, 0.4) is 0 Å². The summed E-state index contributed by atoms with van der Waals surface area (Å²) < 4.78 is 0. The minimum atomic E-state index is -0.716. The number of H-pyrrole nitrogens is 1. The molecule has 0 fully saturated rings. The molecule has 0 saturated carbocycles. The second kappa shape index (κ2) is 5.92. The molecule has 0 aliphatic rings. The number of carbonyl (C=O) groups is 2. The topological polar surface area (TPSA) is 86.9 Å². The smallest absolute Gasteiger partial charge is 0.314 e. The van der Waals surface area contributed by atoms with E-state index in [1.807, 2.05) is 32.0 Å². The number of hydrogen-bond donors (Lipinski definition) is 3. The lowest BCUT2D eigenvalue weighted by Gasteiger charge is -2.11. The number of aryl methyl sites for hydroxylation is 2. The number of amides is 2. The molecule has 3 N–H and O–H groups in total. The molecule has 1 aromatic heterocycles. The van der Waals surface area contributed by atoms with Crippen LogP contribution in [0.5, 0.6) is 0 Å². The first-order valence-electron chi connectivity index (χ1n) is 7.16. The number of nitrogens with zero attached hydrogens (tertiary/aromatic N) is 1. The number of aromatic nitrogens is 2. The van der Waals surface area contributed by atoms with Gasteiger partial charge < -0.3 is 15.6 Å². The van der Waals surface area contributed by atoms with Crippen molar-refractivity contribution in [2.24, 2.45) is 0 Å². The van der Waals surface area contributed by atoms with Crippen LogP contribution in [0.1, 0.15) is 11.1 Å². The van der Waals surface area contributed by atoms with Gasteiger partial charge in [0.15, 0.2) is 0 Å². The van der Waals surface area contributed by atoms with E-state index >= 15 is 0 Å². The van der Waals surface area contributed by atoms with E-state index in [0.717, 1.165) is 22.2 Å². The van der Waals surface area contributed by atoms with Crippen molar-refractivity contribution >= 4 is 34.2 Å². The van der Waals surface area contributed by atoms with Gasteiger partial charge in [0, 0.05) is 11.4 Å². The molecule has 1 heterocycles. The molecular weight excluding hydrogens is 292 g/mol. The first-order chi connectivity index (χ1) is 11.0. The van der Waals surface area contributed by atoms with Gasteiger partial charge in [-0.15, -0.1) is 0 Å². The van der Waals surface area contributed by atoms with E-state index in [2.05, 4.69) is 20.6 Å². The maximum Gasteiger partial charge on any atom is 0.314 e. The first kappa shape index (κ1) is 14.8. The highest BCUT2D eigenvalue weighted by molar-refractivity contribution is 6.43. The highest BCUT2D eigenvalue weighted by atomic mass is 16.2. The summed E-state index contributed by atoms with van der Waals surface area (Å²) in [6.07, 6.45) is 1.57. The molecule has 2 amide bonds. The molecule has 116 valence electrons. The van der Waals surface area contributed by atoms with Crippen molar-refractivity contribution < 1.29 is 9.59 Å². The maximum absolute atomic E-state index is 12.1. The van der Waals surface area contributed by atoms with Gasteiger partial charge in [-0.05, 0) is 43.2 Å². The van der Waals surface area contributed by atoms with Gasteiger partial charge >= 0.3 is 11.8 Å². The highest BCUT2D eigenvalue weighted by Gasteiger charge is 2.16. The number of nitrogens with one attached hydrogen (secondary N) is 3. The maximum atomic E-state index is 12.1. The van der Waals surface area contributed by atoms with Gasteiger partial charge in [-0.3, -0.25) is 9.59 Å². The quantitative estimate of drug-likeness (QED) is 0.636. The van der Waals surface area contributed by atoms with Gasteiger partial charge in [0.1, 0.15) is 0 Å². The Morgan fingerprint density at radius 1 is 1.00 bits per heavy atom. The lowest BCUT2D eigenvalue weighted by molar-refractivity contribution is -0.133. The van der Waals surface area contributed by atoms with Crippen molar-refractivity contribution in [1.82, 2.24) is 9.97 Å². The zero-order valence-corrected chi connectivity index (χ0v) is 12.8. The van der Waals surface area contributed by atoms with Crippen molar-refractivity contribution in [3.8, 4) is 0 Å². The molecular formula is C17H16N4O2. The fraction of sp³-hybridized carbons (Fsp3) is 0.118. The van der Waals surface area contributed by atoms with Gasteiger partial charge in [0.25, 0.3) is 0 Å². The summed E-state index contributed by atoms with van der Waals surface area (Å²) in [6, 6.07) is 10.9. The Morgan fingerprint density at radius 3 is 2.43 bits per heavy atom. The third-order valence-electron chi connectivity index (χ3n) is 3.60. The fourth-order valence-electron chi connectivity index (χ4n) is 2.38. The lowest BCUT2D eigenvalue weighted by Crippen LogP contribution is -2.29. The number of rotatable bonds is 2. The Kier molecular flexibility index (Phi) is 3.80. The SMILES string of the molecule is Cc1cccc(C)c1NC(=O)C(=O)Nc1ccc2nc[nH]c2c1. The largest absolute Gasteiger partial charge is 0.345 e. The number of aromatic amines is 1. The number of imidazole rings is 1. The number of anilines is 2. The van der Waals surface area contributed by atoms with Crippen LogP contribution in [0.4, 0.5) is 11.4 Å². The number of hydrogen-bond acceptors (Lipinski definition) is 3. The third kappa shape index (κ3) is 3.06. The van der Waals surface area contributed by atoms with Gasteiger partial charge in [0.2, 0.25) is 0 Å². The van der Waals surface area contributed by atoms with E-state index in [4.69, 9.17) is 0 Å². The second-order valence-electron chi connectivity index (χ2n) is 5.31. The van der Waals surface area contributed by atoms with Gasteiger partial charge in [0.05, 0.1) is 17.4 Å². The van der Waals surface area contributed by atoms with Gasteiger partial charge in [-0.2, -0.15) is 0 Å². The van der Waals surface area contributed by atoms with Crippen molar-refractivity contribution in [3.05, 3.63) is 53.9 Å². The molecule has 0 radical (unpaired) electrons. The molecule has 0 aliphatic heterocycles. The normalized spacial score (nSPS) is 10.5. The third-order valence-corrected chi connectivity index (χ3v) is 3.60. The van der Waals surface area contributed by atoms with Crippen LogP contribution in [-0.4, -0.2) is 21.8 Å². The van der Waals surface area contributed by atoms with Crippen molar-refractivity contribution in [1.29, 1.82) is 0 Å². The number of fused-ring (bicyclic) bond motifs is 1. The molecule has 0 spiro atoms. The Hall–Kier alpha value is -3.15. The van der Waals surface area contributed by atoms with Crippen LogP contribution >= 0.6 is 0 Å². The molecule has 0 saturated heterocycles. The predicted octanol–water partition coefficient (Wildman–Crippen LogP) is 2.76. The molecule has 23 heavy (non-hydrogen) atoms. The fourth-order valence-corrected chi connectivity index (χ4v) is 2.38.